The summed E-state index contributed by atoms with van der Waals surface area (Å²) in [6.07, 6.45) is 2.72. The predicted octanol–water partition coefficient (Wildman–Crippen LogP) is 3.96. The van der Waals surface area contributed by atoms with Gasteiger partial charge in [0.2, 0.25) is 10.0 Å². The van der Waals surface area contributed by atoms with Gasteiger partial charge in [-0.05, 0) is 67.5 Å². The highest BCUT2D eigenvalue weighted by Gasteiger charge is 2.26. The summed E-state index contributed by atoms with van der Waals surface area (Å²) >= 11 is 0. The van der Waals surface area contributed by atoms with Crippen LogP contribution < -0.4 is 10.3 Å². The van der Waals surface area contributed by atoms with Gasteiger partial charge in [0.25, 0.3) is 5.56 Å². The Hall–Kier alpha value is -2.64. The van der Waals surface area contributed by atoms with E-state index in [4.69, 9.17) is 0 Å². The van der Waals surface area contributed by atoms with Crippen LogP contribution in [0.5, 0.6) is 0 Å². The third kappa shape index (κ3) is 3.88. The highest BCUT2D eigenvalue weighted by atomic mass is 32.2. The first-order valence-electron chi connectivity index (χ1n) is 10.7. The molecule has 0 saturated heterocycles. The van der Waals surface area contributed by atoms with Crippen LogP contribution in [0.15, 0.2) is 58.2 Å². The zero-order chi connectivity index (χ0) is 22.3. The van der Waals surface area contributed by atoms with Crippen LogP contribution in [-0.4, -0.2) is 17.8 Å². The zero-order valence-corrected chi connectivity index (χ0v) is 19.2. The molecule has 1 aliphatic carbocycles. The maximum Gasteiger partial charge on any atom is 0.275 e. The Labute approximate surface area is 183 Å². The van der Waals surface area contributed by atoms with Crippen LogP contribution in [0.2, 0.25) is 0 Å². The SMILES string of the molecule is Cc1c(C(C)C)c(=O)n(-c2ccc(S(=O)(=O)N[C@@H]3CCCc4ccccc43)cc2)n1C. The van der Waals surface area contributed by atoms with Gasteiger partial charge in [0.15, 0.2) is 0 Å². The highest BCUT2D eigenvalue weighted by molar-refractivity contribution is 7.89. The van der Waals surface area contributed by atoms with Crippen molar-refractivity contribution < 1.29 is 8.42 Å². The van der Waals surface area contributed by atoms with E-state index in [1.807, 2.05) is 50.7 Å². The second kappa shape index (κ2) is 8.13. The fourth-order valence-corrected chi connectivity index (χ4v) is 5.83. The van der Waals surface area contributed by atoms with Gasteiger partial charge in [0.1, 0.15) is 0 Å². The Balaban J connectivity index is 1.64. The van der Waals surface area contributed by atoms with E-state index in [0.29, 0.717) is 5.69 Å². The van der Waals surface area contributed by atoms with Gasteiger partial charge >= 0.3 is 0 Å². The molecular weight excluding hydrogens is 410 g/mol. The molecule has 1 N–H and O–H groups in total. The molecule has 0 spiro atoms. The smallest absolute Gasteiger partial charge is 0.275 e. The van der Waals surface area contributed by atoms with Crippen LogP contribution in [0.3, 0.4) is 0 Å². The van der Waals surface area contributed by atoms with Crippen molar-refractivity contribution in [3.63, 3.8) is 0 Å². The van der Waals surface area contributed by atoms with Gasteiger partial charge in [-0.1, -0.05) is 38.1 Å². The molecule has 0 aliphatic heterocycles. The number of aryl methyl sites for hydroxylation is 1. The van der Waals surface area contributed by atoms with Crippen molar-refractivity contribution in [3.05, 3.63) is 81.3 Å². The normalized spacial score (nSPS) is 16.5. The van der Waals surface area contributed by atoms with E-state index in [9.17, 15) is 13.2 Å². The molecule has 1 aliphatic rings. The third-order valence-corrected chi connectivity index (χ3v) is 7.72. The third-order valence-electron chi connectivity index (χ3n) is 6.23. The van der Waals surface area contributed by atoms with Gasteiger partial charge in [-0.2, -0.15) is 0 Å². The Morgan fingerprint density at radius 3 is 2.39 bits per heavy atom. The number of aromatic nitrogens is 2. The lowest BCUT2D eigenvalue weighted by atomic mass is 9.88. The van der Waals surface area contributed by atoms with Crippen molar-refractivity contribution in [1.82, 2.24) is 14.1 Å². The summed E-state index contributed by atoms with van der Waals surface area (Å²) in [4.78, 5) is 13.1. The molecule has 0 bridgehead atoms. The number of hydrogen-bond donors (Lipinski definition) is 1. The van der Waals surface area contributed by atoms with Gasteiger partial charge in [-0.3, -0.25) is 9.48 Å². The molecule has 0 amide bonds. The molecule has 3 aromatic rings. The maximum atomic E-state index is 13.1. The van der Waals surface area contributed by atoms with Crippen molar-refractivity contribution in [1.29, 1.82) is 0 Å². The summed E-state index contributed by atoms with van der Waals surface area (Å²) in [7, 11) is -1.84. The largest absolute Gasteiger partial charge is 0.285 e. The van der Waals surface area contributed by atoms with E-state index in [2.05, 4.69) is 10.8 Å². The van der Waals surface area contributed by atoms with Crippen LogP contribution in [-0.2, 0) is 23.5 Å². The molecule has 0 saturated carbocycles. The molecule has 6 nitrogen and oxygen atoms in total. The van der Waals surface area contributed by atoms with Crippen molar-refractivity contribution in [3.8, 4) is 5.69 Å². The van der Waals surface area contributed by atoms with Crippen molar-refractivity contribution in [2.75, 3.05) is 0 Å². The summed E-state index contributed by atoms with van der Waals surface area (Å²) in [5.41, 5.74) is 4.52. The molecular formula is C24H29N3O3S. The van der Waals surface area contributed by atoms with Gasteiger partial charge in [0.05, 0.1) is 10.6 Å². The number of nitrogens with one attached hydrogen (secondary N) is 1. The molecule has 1 heterocycles. The lowest BCUT2D eigenvalue weighted by Gasteiger charge is -2.26. The summed E-state index contributed by atoms with van der Waals surface area (Å²) in [6, 6.07) is 14.3. The minimum absolute atomic E-state index is 0.0671. The van der Waals surface area contributed by atoms with Crippen LogP contribution in [0.4, 0.5) is 0 Å². The molecule has 1 aromatic heterocycles. The molecule has 2 aromatic carbocycles. The Bertz CT molecular complexity index is 1270. The van der Waals surface area contributed by atoms with E-state index in [-0.39, 0.29) is 22.4 Å². The number of sulfonamides is 1. The lowest BCUT2D eigenvalue weighted by molar-refractivity contribution is 0.507. The summed E-state index contributed by atoms with van der Waals surface area (Å²) < 4.78 is 32.4. The molecule has 164 valence electrons. The second-order valence-corrected chi connectivity index (χ2v) is 10.3. The van der Waals surface area contributed by atoms with Gasteiger partial charge in [0, 0.05) is 24.3 Å². The zero-order valence-electron chi connectivity index (χ0n) is 18.4. The van der Waals surface area contributed by atoms with Gasteiger partial charge < -0.3 is 0 Å². The fraction of sp³-hybridized carbons (Fsp3) is 0.375. The molecule has 0 radical (unpaired) electrons. The predicted molar refractivity (Wildman–Crippen MR) is 122 cm³/mol. The quantitative estimate of drug-likeness (QED) is 0.654. The monoisotopic (exact) mass is 439 g/mol. The Morgan fingerprint density at radius 1 is 1.06 bits per heavy atom. The fourth-order valence-electron chi connectivity index (χ4n) is 4.58. The molecule has 7 heteroatoms. The lowest BCUT2D eigenvalue weighted by Crippen LogP contribution is -2.31. The first-order valence-corrected chi connectivity index (χ1v) is 12.2. The summed E-state index contributed by atoms with van der Waals surface area (Å²) in [5.74, 6) is 0.113. The van der Waals surface area contributed by atoms with Crippen LogP contribution in [0, 0.1) is 6.92 Å². The highest BCUT2D eigenvalue weighted by Crippen LogP contribution is 2.31. The maximum absolute atomic E-state index is 13.1. The first kappa shape index (κ1) is 21.6. The number of fused-ring (bicyclic) bond motifs is 1. The van der Waals surface area contributed by atoms with E-state index in [0.717, 1.165) is 36.1 Å². The minimum Gasteiger partial charge on any atom is -0.285 e. The minimum atomic E-state index is -3.68. The number of nitrogens with zero attached hydrogens (tertiary/aromatic N) is 2. The van der Waals surface area contributed by atoms with E-state index >= 15 is 0 Å². The van der Waals surface area contributed by atoms with E-state index < -0.39 is 10.0 Å². The number of rotatable bonds is 5. The number of hydrogen-bond acceptors (Lipinski definition) is 3. The Morgan fingerprint density at radius 2 is 1.74 bits per heavy atom. The Kier molecular flexibility index (Phi) is 5.66. The average molecular weight is 440 g/mol. The van der Waals surface area contributed by atoms with Crippen molar-refractivity contribution in [2.45, 2.75) is 56.9 Å². The van der Waals surface area contributed by atoms with Gasteiger partial charge in [-0.15, -0.1) is 0 Å². The van der Waals surface area contributed by atoms with Crippen LogP contribution in [0.25, 0.3) is 5.69 Å². The van der Waals surface area contributed by atoms with Crippen molar-refractivity contribution >= 4 is 10.0 Å². The molecule has 1 atom stereocenters. The molecule has 0 unspecified atom stereocenters. The van der Waals surface area contributed by atoms with E-state index in [1.54, 1.807) is 28.9 Å². The number of benzene rings is 2. The summed E-state index contributed by atoms with van der Waals surface area (Å²) in [6.45, 7) is 5.93. The molecule has 0 fully saturated rings. The van der Waals surface area contributed by atoms with Crippen LogP contribution >= 0.6 is 0 Å². The molecule has 4 rings (SSSR count). The standard InChI is InChI=1S/C24H29N3O3S/c1-16(2)23-17(3)26(4)27(24(23)28)19-12-14-20(15-13-19)31(29,30)25-22-11-7-9-18-8-5-6-10-21(18)22/h5-6,8,10,12-16,22,25H,7,9,11H2,1-4H3/t22-/m1/s1. The molecule has 31 heavy (non-hydrogen) atoms. The van der Waals surface area contributed by atoms with Gasteiger partial charge in [-0.25, -0.2) is 17.8 Å². The first-order chi connectivity index (χ1) is 14.7. The average Bonchev–Trinajstić information content (AvgIpc) is 2.96. The van der Waals surface area contributed by atoms with E-state index in [1.165, 1.54) is 5.56 Å². The van der Waals surface area contributed by atoms with Crippen molar-refractivity contribution in [2.24, 2.45) is 7.05 Å². The summed E-state index contributed by atoms with van der Waals surface area (Å²) in [5, 5.41) is 0. The second-order valence-electron chi connectivity index (χ2n) is 8.55. The van der Waals surface area contributed by atoms with Crippen LogP contribution in [0.1, 0.15) is 61.0 Å². The topological polar surface area (TPSA) is 73.1 Å².